The zero-order valence-corrected chi connectivity index (χ0v) is 15.4. The molecule has 0 radical (unpaired) electrons. The van der Waals surface area contributed by atoms with Gasteiger partial charge in [-0.2, -0.15) is 0 Å². The number of unbranched alkanes of at least 4 members (excludes halogenated alkanes) is 1. The fourth-order valence-electron chi connectivity index (χ4n) is 3.08. The molecule has 1 saturated heterocycles. The average molecular weight is 353 g/mol. The van der Waals surface area contributed by atoms with Gasteiger partial charge in [0.1, 0.15) is 0 Å². The summed E-state index contributed by atoms with van der Waals surface area (Å²) in [5.41, 5.74) is 1.35. The van der Waals surface area contributed by atoms with Gasteiger partial charge < -0.3 is 10.2 Å². The molecule has 26 heavy (non-hydrogen) atoms. The molecule has 0 saturated carbocycles. The summed E-state index contributed by atoms with van der Waals surface area (Å²) in [6.07, 6.45) is 2.43. The van der Waals surface area contributed by atoms with E-state index >= 15 is 0 Å². The number of nitrogens with one attached hydrogen (secondary N) is 1. The molecule has 1 aliphatic rings. The molecule has 138 valence electrons. The van der Waals surface area contributed by atoms with Crippen molar-refractivity contribution in [3.05, 3.63) is 48.0 Å². The van der Waals surface area contributed by atoms with E-state index in [4.69, 9.17) is 0 Å². The highest BCUT2D eigenvalue weighted by atomic mass is 16.1. The molecule has 1 amide bonds. The predicted octanol–water partition coefficient (Wildman–Crippen LogP) is 2.93. The van der Waals surface area contributed by atoms with Crippen molar-refractivity contribution in [2.75, 3.05) is 36.4 Å². The second-order valence-corrected chi connectivity index (χ2v) is 6.68. The summed E-state index contributed by atoms with van der Waals surface area (Å²) in [6, 6.07) is 14.3. The van der Waals surface area contributed by atoms with Gasteiger partial charge in [-0.05, 0) is 24.1 Å². The van der Waals surface area contributed by atoms with Gasteiger partial charge in [0.25, 0.3) is 0 Å². The molecular weight excluding hydrogens is 326 g/mol. The average Bonchev–Trinajstić information content (AvgIpc) is 2.68. The molecule has 1 N–H and O–H groups in total. The van der Waals surface area contributed by atoms with E-state index < -0.39 is 0 Å². The first-order chi connectivity index (χ1) is 12.7. The first kappa shape index (κ1) is 18.3. The largest absolute Gasteiger partial charge is 0.353 e. The normalized spacial score (nSPS) is 15.0. The number of aromatic nitrogens is 2. The Labute approximate surface area is 155 Å². The number of carbonyl (C=O) groups is 1. The third-order valence-corrected chi connectivity index (χ3v) is 4.62. The molecule has 0 unspecified atom stereocenters. The molecule has 0 bridgehead atoms. The molecule has 0 aliphatic carbocycles. The van der Waals surface area contributed by atoms with Gasteiger partial charge in [0.15, 0.2) is 11.6 Å². The Morgan fingerprint density at radius 2 is 1.81 bits per heavy atom. The summed E-state index contributed by atoms with van der Waals surface area (Å²) < 4.78 is 0. The highest BCUT2D eigenvalue weighted by Gasteiger charge is 2.18. The van der Waals surface area contributed by atoms with Crippen LogP contribution in [0.25, 0.3) is 0 Å². The monoisotopic (exact) mass is 353 g/mol. The smallest absolute Gasteiger partial charge is 0.225 e. The van der Waals surface area contributed by atoms with Crippen molar-refractivity contribution in [1.82, 2.24) is 15.1 Å². The predicted molar refractivity (Wildman–Crippen MR) is 104 cm³/mol. The number of amides is 1. The molecule has 0 atom stereocenters. The molecule has 1 aliphatic heterocycles. The topological polar surface area (TPSA) is 61.4 Å². The lowest BCUT2D eigenvalue weighted by atomic mass is 10.2. The Kier molecular flexibility index (Phi) is 6.55. The first-order valence-corrected chi connectivity index (χ1v) is 9.39. The molecule has 6 heteroatoms. The van der Waals surface area contributed by atoms with E-state index in [-0.39, 0.29) is 5.91 Å². The zero-order chi connectivity index (χ0) is 18.2. The van der Waals surface area contributed by atoms with Crippen LogP contribution in [0.4, 0.5) is 11.6 Å². The van der Waals surface area contributed by atoms with Crippen molar-refractivity contribution in [2.24, 2.45) is 0 Å². The second kappa shape index (κ2) is 9.29. The van der Waals surface area contributed by atoms with Crippen LogP contribution in [0.2, 0.25) is 0 Å². The highest BCUT2D eigenvalue weighted by Crippen LogP contribution is 2.16. The van der Waals surface area contributed by atoms with E-state index in [2.05, 4.69) is 62.6 Å². The van der Waals surface area contributed by atoms with Crippen LogP contribution in [-0.4, -0.2) is 47.2 Å². The standard InChI is InChI=1S/C20H27N5O/c1-2-3-9-20(26)21-18-10-11-19(23-22-18)25-14-12-24(13-15-25)16-17-7-5-4-6-8-17/h4-8,10-11H,2-3,9,12-16H2,1H3,(H,21,22,26). The Morgan fingerprint density at radius 1 is 1.04 bits per heavy atom. The highest BCUT2D eigenvalue weighted by molar-refractivity contribution is 5.89. The van der Waals surface area contributed by atoms with E-state index in [1.807, 2.05) is 12.1 Å². The lowest BCUT2D eigenvalue weighted by molar-refractivity contribution is -0.116. The van der Waals surface area contributed by atoms with Crippen molar-refractivity contribution < 1.29 is 4.79 Å². The second-order valence-electron chi connectivity index (χ2n) is 6.68. The quantitative estimate of drug-likeness (QED) is 0.829. The minimum atomic E-state index is 0.00317. The van der Waals surface area contributed by atoms with Gasteiger partial charge in [-0.3, -0.25) is 9.69 Å². The maximum Gasteiger partial charge on any atom is 0.225 e. The Morgan fingerprint density at radius 3 is 2.46 bits per heavy atom. The lowest BCUT2D eigenvalue weighted by Gasteiger charge is -2.35. The number of benzene rings is 1. The maximum atomic E-state index is 11.7. The number of carbonyl (C=O) groups excluding carboxylic acids is 1. The van der Waals surface area contributed by atoms with Crippen LogP contribution in [0, 0.1) is 0 Å². The summed E-state index contributed by atoms with van der Waals surface area (Å²) in [4.78, 5) is 16.5. The van der Waals surface area contributed by atoms with E-state index in [9.17, 15) is 4.79 Å². The van der Waals surface area contributed by atoms with E-state index in [0.717, 1.165) is 51.4 Å². The number of hydrogen-bond donors (Lipinski definition) is 1. The van der Waals surface area contributed by atoms with Crippen molar-refractivity contribution in [3.63, 3.8) is 0 Å². The van der Waals surface area contributed by atoms with Crippen molar-refractivity contribution in [3.8, 4) is 0 Å². The third-order valence-electron chi connectivity index (χ3n) is 4.62. The van der Waals surface area contributed by atoms with Gasteiger partial charge in [-0.25, -0.2) is 0 Å². The minimum absolute atomic E-state index is 0.00317. The molecule has 2 heterocycles. The van der Waals surface area contributed by atoms with Crippen molar-refractivity contribution >= 4 is 17.5 Å². The van der Waals surface area contributed by atoms with Crippen LogP contribution < -0.4 is 10.2 Å². The van der Waals surface area contributed by atoms with E-state index in [1.165, 1.54) is 5.56 Å². The summed E-state index contributed by atoms with van der Waals surface area (Å²) in [5, 5.41) is 11.2. The van der Waals surface area contributed by atoms with Crippen LogP contribution in [0.1, 0.15) is 31.7 Å². The van der Waals surface area contributed by atoms with Crippen LogP contribution in [-0.2, 0) is 11.3 Å². The Hall–Kier alpha value is -2.47. The lowest BCUT2D eigenvalue weighted by Crippen LogP contribution is -2.46. The number of piperazine rings is 1. The molecule has 3 rings (SSSR count). The number of anilines is 2. The number of nitrogens with zero attached hydrogens (tertiary/aromatic N) is 4. The van der Waals surface area contributed by atoms with Gasteiger partial charge in [-0.1, -0.05) is 43.7 Å². The summed E-state index contributed by atoms with van der Waals surface area (Å²) in [7, 11) is 0. The summed E-state index contributed by atoms with van der Waals surface area (Å²) in [6.45, 7) is 6.94. The maximum absolute atomic E-state index is 11.7. The summed E-state index contributed by atoms with van der Waals surface area (Å²) in [5.74, 6) is 1.40. The molecule has 1 aromatic carbocycles. The minimum Gasteiger partial charge on any atom is -0.353 e. The third kappa shape index (κ3) is 5.26. The molecular formula is C20H27N5O. The molecule has 1 aromatic heterocycles. The first-order valence-electron chi connectivity index (χ1n) is 9.39. The van der Waals surface area contributed by atoms with Crippen LogP contribution in [0.5, 0.6) is 0 Å². The fourth-order valence-corrected chi connectivity index (χ4v) is 3.08. The van der Waals surface area contributed by atoms with E-state index in [1.54, 1.807) is 0 Å². The number of hydrogen-bond acceptors (Lipinski definition) is 5. The molecule has 1 fully saturated rings. The van der Waals surface area contributed by atoms with Crippen LogP contribution in [0.3, 0.4) is 0 Å². The zero-order valence-electron chi connectivity index (χ0n) is 15.4. The van der Waals surface area contributed by atoms with E-state index in [0.29, 0.717) is 12.2 Å². The van der Waals surface area contributed by atoms with Gasteiger partial charge in [-0.15, -0.1) is 10.2 Å². The fraction of sp³-hybridized carbons (Fsp3) is 0.450. The van der Waals surface area contributed by atoms with Crippen LogP contribution in [0.15, 0.2) is 42.5 Å². The Balaban J connectivity index is 1.47. The molecule has 0 spiro atoms. The number of rotatable bonds is 7. The molecule has 2 aromatic rings. The van der Waals surface area contributed by atoms with Gasteiger partial charge in [0, 0.05) is 39.1 Å². The summed E-state index contributed by atoms with van der Waals surface area (Å²) >= 11 is 0. The van der Waals surface area contributed by atoms with Crippen LogP contribution >= 0.6 is 0 Å². The SMILES string of the molecule is CCCCC(=O)Nc1ccc(N2CCN(Cc3ccccc3)CC2)nn1. The van der Waals surface area contributed by atoms with Gasteiger partial charge in [0.2, 0.25) is 5.91 Å². The van der Waals surface area contributed by atoms with Crippen molar-refractivity contribution in [2.45, 2.75) is 32.7 Å². The molecule has 6 nitrogen and oxygen atoms in total. The van der Waals surface area contributed by atoms with Gasteiger partial charge >= 0.3 is 0 Å². The van der Waals surface area contributed by atoms with Crippen molar-refractivity contribution in [1.29, 1.82) is 0 Å². The Bertz CT molecular complexity index is 681. The van der Waals surface area contributed by atoms with Gasteiger partial charge in [0.05, 0.1) is 0 Å².